The summed E-state index contributed by atoms with van der Waals surface area (Å²) < 4.78 is 24.6. The molecule has 2 N–H and O–H groups in total. The molecule has 9 heteroatoms. The number of hydrogen-bond acceptors (Lipinski definition) is 5. The van der Waals surface area contributed by atoms with E-state index in [1.54, 1.807) is 68.7 Å². The van der Waals surface area contributed by atoms with E-state index >= 15 is 0 Å². The minimum absolute atomic E-state index is 0.0423. The lowest BCUT2D eigenvalue weighted by Crippen LogP contribution is -2.27. The zero-order chi connectivity index (χ0) is 24.5. The molecule has 3 amide bonds. The van der Waals surface area contributed by atoms with Crippen LogP contribution in [0.15, 0.2) is 72.8 Å². The number of carbonyl (C=O) groups is 3. The van der Waals surface area contributed by atoms with E-state index in [1.165, 1.54) is 23.1 Å². The Bertz CT molecular complexity index is 1170. The Kier molecular flexibility index (Phi) is 8.17. The first kappa shape index (κ1) is 24.2. The molecule has 0 saturated heterocycles. The Morgan fingerprint density at radius 1 is 0.824 bits per heavy atom. The number of anilines is 2. The van der Waals surface area contributed by atoms with Crippen LogP contribution in [0.2, 0.25) is 0 Å². The average molecular weight is 465 g/mol. The number of carbonyl (C=O) groups excluding carboxylic acids is 3. The largest absolute Gasteiger partial charge is 0.484 e. The van der Waals surface area contributed by atoms with Gasteiger partial charge in [-0.1, -0.05) is 24.3 Å². The molecule has 0 atom stereocenters. The highest BCUT2D eigenvalue weighted by Crippen LogP contribution is 2.21. The predicted octanol–water partition coefficient (Wildman–Crippen LogP) is 3.56. The Balaban J connectivity index is 1.58. The second-order valence-corrected chi connectivity index (χ2v) is 7.37. The number of nitrogens with one attached hydrogen (secondary N) is 2. The smallest absolute Gasteiger partial charge is 0.262 e. The van der Waals surface area contributed by atoms with E-state index in [-0.39, 0.29) is 29.5 Å². The molecule has 0 spiro atoms. The SMILES string of the molecule is CN(C)C(=O)COc1ccc(NC(=O)c2ccccc2OCC(=O)Nc2ccccc2F)cc1. The zero-order valence-corrected chi connectivity index (χ0v) is 18.7. The molecule has 0 bridgehead atoms. The third-order valence-electron chi connectivity index (χ3n) is 4.61. The Morgan fingerprint density at radius 2 is 1.50 bits per heavy atom. The van der Waals surface area contributed by atoms with Gasteiger partial charge in [-0.2, -0.15) is 0 Å². The summed E-state index contributed by atoms with van der Waals surface area (Å²) in [5, 5.41) is 5.17. The van der Waals surface area contributed by atoms with E-state index < -0.39 is 24.2 Å². The van der Waals surface area contributed by atoms with E-state index in [9.17, 15) is 18.8 Å². The van der Waals surface area contributed by atoms with Crippen LogP contribution >= 0.6 is 0 Å². The van der Waals surface area contributed by atoms with Crippen molar-refractivity contribution in [3.05, 3.63) is 84.2 Å². The van der Waals surface area contributed by atoms with Gasteiger partial charge in [0.1, 0.15) is 17.3 Å². The Labute approximate surface area is 196 Å². The standard InChI is InChI=1S/C25H24FN3O5/c1-29(2)24(31)16-33-18-13-11-17(12-14-18)27-25(32)19-7-3-6-10-22(19)34-15-23(30)28-21-9-5-4-8-20(21)26/h3-14H,15-16H2,1-2H3,(H,27,32)(H,28,30). The fraction of sp³-hybridized carbons (Fsp3) is 0.160. The summed E-state index contributed by atoms with van der Waals surface area (Å²) in [5.41, 5.74) is 0.766. The minimum Gasteiger partial charge on any atom is -0.484 e. The van der Waals surface area contributed by atoms with Gasteiger partial charge in [0.2, 0.25) is 0 Å². The molecule has 0 fully saturated rings. The quantitative estimate of drug-likeness (QED) is 0.504. The minimum atomic E-state index is -0.566. The van der Waals surface area contributed by atoms with Crippen LogP contribution in [0.4, 0.5) is 15.8 Å². The molecule has 3 aromatic rings. The van der Waals surface area contributed by atoms with Gasteiger partial charge < -0.3 is 25.0 Å². The van der Waals surface area contributed by atoms with Crippen LogP contribution in [0.3, 0.4) is 0 Å². The molecule has 0 aromatic heterocycles. The molecule has 0 unspecified atom stereocenters. The van der Waals surface area contributed by atoms with E-state index in [0.29, 0.717) is 11.4 Å². The van der Waals surface area contributed by atoms with Crippen LogP contribution in [0.1, 0.15) is 10.4 Å². The van der Waals surface area contributed by atoms with Crippen LogP contribution in [0.5, 0.6) is 11.5 Å². The van der Waals surface area contributed by atoms with Crippen molar-refractivity contribution in [2.75, 3.05) is 37.9 Å². The molecule has 176 valence electrons. The molecule has 0 heterocycles. The summed E-state index contributed by atoms with van der Waals surface area (Å²) in [6.45, 7) is -0.496. The number of rotatable bonds is 9. The zero-order valence-electron chi connectivity index (χ0n) is 18.7. The topological polar surface area (TPSA) is 97.0 Å². The number of halogens is 1. The maximum Gasteiger partial charge on any atom is 0.262 e. The highest BCUT2D eigenvalue weighted by Gasteiger charge is 2.15. The number of amides is 3. The number of para-hydroxylation sites is 2. The first-order valence-electron chi connectivity index (χ1n) is 10.3. The molecule has 3 rings (SSSR count). The summed E-state index contributed by atoms with van der Waals surface area (Å²) in [5.74, 6) is -1.05. The van der Waals surface area contributed by atoms with Crippen molar-refractivity contribution in [1.29, 1.82) is 0 Å². The molecule has 3 aromatic carbocycles. The maximum atomic E-state index is 13.7. The van der Waals surface area contributed by atoms with Crippen molar-refractivity contribution >= 4 is 29.1 Å². The fourth-order valence-electron chi connectivity index (χ4n) is 2.78. The Hall–Kier alpha value is -4.40. The summed E-state index contributed by atoms with van der Waals surface area (Å²) in [4.78, 5) is 37.9. The van der Waals surface area contributed by atoms with Gasteiger partial charge in [-0.25, -0.2) is 4.39 Å². The second-order valence-electron chi connectivity index (χ2n) is 7.37. The molecule has 0 aliphatic rings. The first-order chi connectivity index (χ1) is 16.3. The van der Waals surface area contributed by atoms with Gasteiger partial charge in [-0.15, -0.1) is 0 Å². The van der Waals surface area contributed by atoms with Crippen LogP contribution in [-0.4, -0.2) is 49.9 Å². The van der Waals surface area contributed by atoms with Crippen LogP contribution < -0.4 is 20.1 Å². The van der Waals surface area contributed by atoms with E-state index in [2.05, 4.69) is 10.6 Å². The Morgan fingerprint density at radius 3 is 2.21 bits per heavy atom. The number of ether oxygens (including phenoxy) is 2. The lowest BCUT2D eigenvalue weighted by Gasteiger charge is -2.13. The van der Waals surface area contributed by atoms with E-state index in [4.69, 9.17) is 9.47 Å². The van der Waals surface area contributed by atoms with Crippen molar-refractivity contribution in [2.45, 2.75) is 0 Å². The molecular weight excluding hydrogens is 441 g/mol. The highest BCUT2D eigenvalue weighted by molar-refractivity contribution is 6.06. The molecule has 0 saturated carbocycles. The van der Waals surface area contributed by atoms with Gasteiger partial charge in [-0.05, 0) is 48.5 Å². The molecule has 34 heavy (non-hydrogen) atoms. The van der Waals surface area contributed by atoms with Gasteiger partial charge in [0.15, 0.2) is 13.2 Å². The average Bonchev–Trinajstić information content (AvgIpc) is 2.83. The van der Waals surface area contributed by atoms with Crippen molar-refractivity contribution in [1.82, 2.24) is 4.90 Å². The monoisotopic (exact) mass is 465 g/mol. The van der Waals surface area contributed by atoms with Crippen molar-refractivity contribution < 1.29 is 28.2 Å². The van der Waals surface area contributed by atoms with Gasteiger partial charge in [0.25, 0.3) is 17.7 Å². The van der Waals surface area contributed by atoms with Crippen LogP contribution in [-0.2, 0) is 9.59 Å². The van der Waals surface area contributed by atoms with Gasteiger partial charge in [0.05, 0.1) is 11.3 Å². The van der Waals surface area contributed by atoms with Gasteiger partial charge in [0, 0.05) is 19.8 Å². The van der Waals surface area contributed by atoms with E-state index in [1.807, 2.05) is 0 Å². The fourth-order valence-corrected chi connectivity index (χ4v) is 2.78. The number of nitrogens with zero attached hydrogens (tertiary/aromatic N) is 1. The van der Waals surface area contributed by atoms with Gasteiger partial charge in [-0.3, -0.25) is 14.4 Å². The third kappa shape index (κ3) is 6.80. The molecule has 0 aliphatic carbocycles. The van der Waals surface area contributed by atoms with Crippen molar-refractivity contribution in [2.24, 2.45) is 0 Å². The number of likely N-dealkylation sites (N-methyl/N-ethyl adjacent to an activating group) is 1. The number of hydrogen-bond donors (Lipinski definition) is 2. The van der Waals surface area contributed by atoms with E-state index in [0.717, 1.165) is 0 Å². The van der Waals surface area contributed by atoms with Crippen LogP contribution in [0, 0.1) is 5.82 Å². The normalized spacial score (nSPS) is 10.2. The summed E-state index contributed by atoms with van der Waals surface area (Å²) in [6.07, 6.45) is 0. The lowest BCUT2D eigenvalue weighted by atomic mass is 10.2. The van der Waals surface area contributed by atoms with Gasteiger partial charge >= 0.3 is 0 Å². The summed E-state index contributed by atoms with van der Waals surface area (Å²) >= 11 is 0. The molecular formula is C25H24FN3O5. The lowest BCUT2D eigenvalue weighted by molar-refractivity contribution is -0.130. The maximum absolute atomic E-state index is 13.7. The molecule has 0 radical (unpaired) electrons. The third-order valence-corrected chi connectivity index (χ3v) is 4.61. The predicted molar refractivity (Wildman–Crippen MR) is 126 cm³/mol. The molecule has 8 nitrogen and oxygen atoms in total. The van der Waals surface area contributed by atoms with Crippen molar-refractivity contribution in [3.63, 3.8) is 0 Å². The highest BCUT2D eigenvalue weighted by atomic mass is 19.1. The molecule has 0 aliphatic heterocycles. The summed E-state index contributed by atoms with van der Waals surface area (Å²) in [6, 6.07) is 18.8. The first-order valence-corrected chi connectivity index (χ1v) is 10.3. The number of benzene rings is 3. The second kappa shape index (κ2) is 11.5. The van der Waals surface area contributed by atoms with Crippen molar-refractivity contribution in [3.8, 4) is 11.5 Å². The summed E-state index contributed by atoms with van der Waals surface area (Å²) in [7, 11) is 3.28. The van der Waals surface area contributed by atoms with Crippen LogP contribution in [0.25, 0.3) is 0 Å².